The van der Waals surface area contributed by atoms with Gasteiger partial charge in [0.25, 0.3) is 0 Å². The molecule has 1 fully saturated rings. The molecule has 1 saturated heterocycles. The molecule has 0 aliphatic carbocycles. The van der Waals surface area contributed by atoms with Crippen molar-refractivity contribution in [3.63, 3.8) is 0 Å². The lowest BCUT2D eigenvalue weighted by Crippen LogP contribution is -2.37. The normalized spacial score (nSPS) is 16.2. The molecule has 5 nitrogen and oxygen atoms in total. The van der Waals surface area contributed by atoms with Gasteiger partial charge in [-0.25, -0.2) is 4.73 Å². The topological polar surface area (TPSA) is 68.2 Å². The summed E-state index contributed by atoms with van der Waals surface area (Å²) in [7, 11) is 1.72. The zero-order valence-electron chi connectivity index (χ0n) is 9.27. The number of hydrogen-bond donors (Lipinski definition) is 2. The van der Waals surface area contributed by atoms with Crippen LogP contribution in [0.3, 0.4) is 0 Å². The van der Waals surface area contributed by atoms with Crippen molar-refractivity contribution in [1.29, 1.82) is 0 Å². The van der Waals surface area contributed by atoms with Crippen molar-refractivity contribution in [3.05, 3.63) is 17.3 Å². The quantitative estimate of drug-likeness (QED) is 0.582. The molecule has 1 aromatic heterocycles. The highest BCUT2D eigenvalue weighted by atomic mass is 32.2. The van der Waals surface area contributed by atoms with Gasteiger partial charge in [-0.1, -0.05) is 0 Å². The molecule has 0 amide bonds. The van der Waals surface area contributed by atoms with Gasteiger partial charge in [0, 0.05) is 49.5 Å². The highest BCUT2D eigenvalue weighted by molar-refractivity contribution is 7.99. The minimum absolute atomic E-state index is 0.236. The molecule has 88 valence electrons. The largest absolute Gasteiger partial charge is 0.740 e. The average Bonchev–Trinajstić information content (AvgIpc) is 2.33. The Bertz CT molecular complexity index is 379. The number of nitrogens with two attached hydrogens (primary N) is 1. The van der Waals surface area contributed by atoms with E-state index in [2.05, 4.69) is 10.2 Å². The number of rotatable bonds is 2. The van der Waals surface area contributed by atoms with E-state index >= 15 is 0 Å². The first-order valence-electron chi connectivity index (χ1n) is 5.26. The third kappa shape index (κ3) is 2.11. The summed E-state index contributed by atoms with van der Waals surface area (Å²) >= 11 is 1.96. The van der Waals surface area contributed by atoms with Gasteiger partial charge in [-0.15, -0.1) is 0 Å². The summed E-state index contributed by atoms with van der Waals surface area (Å²) in [5.41, 5.74) is 6.70. The minimum atomic E-state index is 0.236. The number of thioether (sulfide) groups is 1. The van der Waals surface area contributed by atoms with E-state index in [1.54, 1.807) is 13.1 Å². The second-order valence-corrected chi connectivity index (χ2v) is 4.89. The molecule has 0 unspecified atom stereocenters. The molecule has 0 aromatic carbocycles. The van der Waals surface area contributed by atoms with E-state index in [-0.39, 0.29) is 5.82 Å². The van der Waals surface area contributed by atoms with Gasteiger partial charge in [-0.05, 0) is 0 Å². The smallest absolute Gasteiger partial charge is 0.223 e. The molecule has 1 aromatic rings. The van der Waals surface area contributed by atoms with Gasteiger partial charge in [-0.2, -0.15) is 11.8 Å². The number of nitrogens with one attached hydrogen (secondary N) is 1. The van der Waals surface area contributed by atoms with E-state index in [4.69, 9.17) is 5.73 Å². The molecule has 0 radical (unpaired) electrons. The number of nitrogen functional groups attached to an aromatic ring is 1. The van der Waals surface area contributed by atoms with Gasteiger partial charge in [0.15, 0.2) is 0 Å². The van der Waals surface area contributed by atoms with E-state index in [0.717, 1.165) is 30.3 Å². The number of aromatic nitrogens is 1. The van der Waals surface area contributed by atoms with E-state index in [1.807, 2.05) is 17.8 Å². The van der Waals surface area contributed by atoms with Gasteiger partial charge in [0.2, 0.25) is 11.6 Å². The van der Waals surface area contributed by atoms with E-state index in [0.29, 0.717) is 10.5 Å². The van der Waals surface area contributed by atoms with Crippen LogP contribution in [0.1, 0.15) is 0 Å². The Morgan fingerprint density at radius 2 is 2.12 bits per heavy atom. The van der Waals surface area contributed by atoms with Crippen LogP contribution >= 0.6 is 11.8 Å². The first-order valence-corrected chi connectivity index (χ1v) is 6.41. The molecule has 6 heteroatoms. The maximum atomic E-state index is 11.5. The van der Waals surface area contributed by atoms with Crippen LogP contribution in [0.25, 0.3) is 0 Å². The zero-order chi connectivity index (χ0) is 11.5. The number of pyridine rings is 1. The van der Waals surface area contributed by atoms with Crippen LogP contribution in [0.4, 0.5) is 17.3 Å². The van der Waals surface area contributed by atoms with Crippen molar-refractivity contribution in [2.24, 2.45) is 0 Å². The standard InChI is InChI=1S/C10H16N4OS/c1-12-10-7-8(6-9(11)14(10)15)13-2-4-16-5-3-13/h6-7,12H,2-5,11H2,1H3. The molecule has 1 aliphatic heterocycles. The van der Waals surface area contributed by atoms with Crippen molar-refractivity contribution >= 4 is 29.1 Å². The van der Waals surface area contributed by atoms with Crippen LogP contribution in [0, 0.1) is 5.21 Å². The molecular weight excluding hydrogens is 224 g/mol. The van der Waals surface area contributed by atoms with Crippen LogP contribution in [-0.2, 0) is 0 Å². The van der Waals surface area contributed by atoms with Gasteiger partial charge >= 0.3 is 0 Å². The predicted molar refractivity (Wildman–Crippen MR) is 68.9 cm³/mol. The molecule has 1 aliphatic rings. The van der Waals surface area contributed by atoms with Gasteiger partial charge in [0.05, 0.1) is 0 Å². The molecular formula is C10H16N4OS. The lowest BCUT2D eigenvalue weighted by molar-refractivity contribution is -0.574. The Morgan fingerprint density at radius 1 is 1.44 bits per heavy atom. The van der Waals surface area contributed by atoms with Crippen molar-refractivity contribution in [3.8, 4) is 0 Å². The maximum absolute atomic E-state index is 11.5. The zero-order valence-corrected chi connectivity index (χ0v) is 10.1. The lowest BCUT2D eigenvalue weighted by atomic mass is 10.3. The Balaban J connectivity index is 2.29. The van der Waals surface area contributed by atoms with Crippen LogP contribution < -0.4 is 20.7 Å². The monoisotopic (exact) mass is 240 g/mol. The summed E-state index contributed by atoms with van der Waals surface area (Å²) in [5, 5.41) is 14.4. The van der Waals surface area contributed by atoms with Crippen LogP contribution in [0.15, 0.2) is 12.1 Å². The molecule has 0 bridgehead atoms. The number of anilines is 3. The molecule has 16 heavy (non-hydrogen) atoms. The highest BCUT2D eigenvalue weighted by Gasteiger charge is 2.14. The van der Waals surface area contributed by atoms with Crippen molar-refractivity contribution < 1.29 is 4.73 Å². The third-order valence-electron chi connectivity index (χ3n) is 2.67. The first kappa shape index (κ1) is 11.2. The Hall–Kier alpha value is -1.30. The first-order chi connectivity index (χ1) is 7.72. The number of nitrogens with zero attached hydrogens (tertiary/aromatic N) is 2. The molecule has 3 N–H and O–H groups in total. The van der Waals surface area contributed by atoms with Gasteiger partial charge < -0.3 is 21.2 Å². The molecule has 2 heterocycles. The summed E-state index contributed by atoms with van der Waals surface area (Å²) in [4.78, 5) is 2.26. The van der Waals surface area contributed by atoms with E-state index < -0.39 is 0 Å². The van der Waals surface area contributed by atoms with E-state index in [9.17, 15) is 5.21 Å². The molecule has 0 spiro atoms. The minimum Gasteiger partial charge on any atom is -0.740 e. The summed E-state index contributed by atoms with van der Waals surface area (Å²) in [6, 6.07) is 3.59. The second kappa shape index (κ2) is 4.69. The van der Waals surface area contributed by atoms with Crippen molar-refractivity contribution in [2.75, 3.05) is 47.6 Å². The second-order valence-electron chi connectivity index (χ2n) is 3.67. The van der Waals surface area contributed by atoms with Crippen LogP contribution in [0.5, 0.6) is 0 Å². The van der Waals surface area contributed by atoms with E-state index in [1.165, 1.54) is 0 Å². The fourth-order valence-corrected chi connectivity index (χ4v) is 2.67. The fraction of sp³-hybridized carbons (Fsp3) is 0.500. The molecule has 2 rings (SSSR count). The SMILES string of the molecule is CNc1cc(N2CCSCC2)cc(N)[n+]1[O-]. The maximum Gasteiger partial charge on any atom is 0.223 e. The van der Waals surface area contributed by atoms with Crippen molar-refractivity contribution in [2.45, 2.75) is 0 Å². The molecule has 0 saturated carbocycles. The highest BCUT2D eigenvalue weighted by Crippen LogP contribution is 2.22. The third-order valence-corrected chi connectivity index (χ3v) is 3.61. The van der Waals surface area contributed by atoms with Crippen molar-refractivity contribution in [1.82, 2.24) is 0 Å². The lowest BCUT2D eigenvalue weighted by Gasteiger charge is -2.29. The number of hydrogen-bond acceptors (Lipinski definition) is 5. The van der Waals surface area contributed by atoms with Gasteiger partial charge in [-0.3, -0.25) is 0 Å². The summed E-state index contributed by atoms with van der Waals surface area (Å²) in [5.74, 6) is 2.98. The van der Waals surface area contributed by atoms with Crippen LogP contribution in [-0.4, -0.2) is 31.6 Å². The summed E-state index contributed by atoms with van der Waals surface area (Å²) in [6.07, 6.45) is 0. The average molecular weight is 240 g/mol. The van der Waals surface area contributed by atoms with Crippen LogP contribution in [0.2, 0.25) is 0 Å². The fourth-order valence-electron chi connectivity index (χ4n) is 1.77. The Morgan fingerprint density at radius 3 is 2.75 bits per heavy atom. The summed E-state index contributed by atoms with van der Waals surface area (Å²) in [6.45, 7) is 2.02. The molecule has 0 atom stereocenters. The predicted octanol–water partition coefficient (Wildman–Crippen LogP) is 0.497. The summed E-state index contributed by atoms with van der Waals surface area (Å²) < 4.78 is 0.711. The Labute approximate surface area is 99.2 Å². The Kier molecular flexibility index (Phi) is 3.28. The van der Waals surface area contributed by atoms with Gasteiger partial charge in [0.1, 0.15) is 0 Å².